The van der Waals surface area contributed by atoms with Gasteiger partial charge in [0.2, 0.25) is 0 Å². The molecule has 1 N–H and O–H groups in total. The molecule has 2 rings (SSSR count). The lowest BCUT2D eigenvalue weighted by atomic mass is 10.0. The first-order valence-corrected chi connectivity index (χ1v) is 7.72. The molecule has 0 aliphatic carbocycles. The highest BCUT2D eigenvalue weighted by Crippen LogP contribution is 2.17. The highest BCUT2D eigenvalue weighted by atomic mass is 32.2. The number of likely N-dealkylation sites (N-methyl/N-ethyl adjacent to an activating group) is 1. The van der Waals surface area contributed by atoms with Gasteiger partial charge in [-0.1, -0.05) is 18.2 Å². The van der Waals surface area contributed by atoms with Gasteiger partial charge in [-0.3, -0.25) is 0 Å². The van der Waals surface area contributed by atoms with Crippen molar-refractivity contribution in [3.8, 4) is 0 Å². The fraction of sp³-hybridized carbons (Fsp3) is 0.267. The van der Waals surface area contributed by atoms with E-state index in [1.54, 1.807) is 30.2 Å². The molecule has 1 aromatic carbocycles. The number of carboxylic acid groups (broad SMARTS) is 1. The van der Waals surface area contributed by atoms with E-state index in [1.807, 2.05) is 36.4 Å². The Balaban J connectivity index is 2.07. The van der Waals surface area contributed by atoms with Gasteiger partial charge in [-0.25, -0.2) is 14.8 Å². The second-order valence-corrected chi connectivity index (χ2v) is 5.38. The first-order valence-electron chi connectivity index (χ1n) is 6.50. The normalized spacial score (nSPS) is 10.4. The van der Waals surface area contributed by atoms with E-state index >= 15 is 0 Å². The van der Waals surface area contributed by atoms with Crippen LogP contribution in [0.15, 0.2) is 41.7 Å². The van der Waals surface area contributed by atoms with E-state index in [0.717, 1.165) is 16.4 Å². The Morgan fingerprint density at radius 3 is 2.81 bits per heavy atom. The maximum absolute atomic E-state index is 11.2. The zero-order chi connectivity index (χ0) is 15.2. The minimum atomic E-state index is -0.889. The predicted molar refractivity (Wildman–Crippen MR) is 84.2 cm³/mol. The molecular weight excluding hydrogens is 286 g/mol. The summed E-state index contributed by atoms with van der Waals surface area (Å²) in [6.45, 7) is 0.690. The van der Waals surface area contributed by atoms with E-state index in [1.165, 1.54) is 0 Å². The van der Waals surface area contributed by atoms with Crippen LogP contribution in [0, 0.1) is 0 Å². The van der Waals surface area contributed by atoms with Crippen LogP contribution in [0.1, 0.15) is 15.9 Å². The molecule has 6 heteroatoms. The Morgan fingerprint density at radius 1 is 1.33 bits per heavy atom. The predicted octanol–water partition coefficient (Wildman–Crippen LogP) is 2.58. The molecule has 0 spiro atoms. The third-order valence-corrected chi connectivity index (χ3v) is 3.83. The van der Waals surface area contributed by atoms with Gasteiger partial charge in [0.05, 0.1) is 5.56 Å². The molecule has 0 fully saturated rings. The summed E-state index contributed by atoms with van der Waals surface area (Å²) >= 11 is 1.57. The topological polar surface area (TPSA) is 66.3 Å². The first-order chi connectivity index (χ1) is 10.1. The van der Waals surface area contributed by atoms with Crippen LogP contribution in [-0.4, -0.2) is 40.9 Å². The molecule has 110 valence electrons. The molecule has 0 radical (unpaired) electrons. The molecule has 1 aromatic heterocycles. The number of hydrogen-bond donors (Lipinski definition) is 1. The Kier molecular flexibility index (Phi) is 5.16. The second kappa shape index (κ2) is 7.08. The van der Waals surface area contributed by atoms with Crippen molar-refractivity contribution in [2.75, 3.05) is 24.7 Å². The highest BCUT2D eigenvalue weighted by molar-refractivity contribution is 7.98. The molecule has 0 bridgehead atoms. The van der Waals surface area contributed by atoms with Crippen molar-refractivity contribution in [2.45, 2.75) is 11.4 Å². The van der Waals surface area contributed by atoms with Crippen LogP contribution >= 0.6 is 11.8 Å². The van der Waals surface area contributed by atoms with Crippen LogP contribution < -0.4 is 4.90 Å². The number of anilines is 1. The van der Waals surface area contributed by atoms with Crippen molar-refractivity contribution >= 4 is 23.5 Å². The third-order valence-electron chi connectivity index (χ3n) is 3.19. The van der Waals surface area contributed by atoms with Crippen LogP contribution in [0.25, 0.3) is 0 Å². The quantitative estimate of drug-likeness (QED) is 0.653. The maximum Gasteiger partial charge on any atom is 0.335 e. The van der Waals surface area contributed by atoms with E-state index in [4.69, 9.17) is 0 Å². The summed E-state index contributed by atoms with van der Waals surface area (Å²) in [5, 5.41) is 10.1. The lowest BCUT2D eigenvalue weighted by Crippen LogP contribution is -2.22. The Bertz CT molecular complexity index is 634. The fourth-order valence-corrected chi connectivity index (χ4v) is 2.38. The number of thioether (sulfide) groups is 1. The lowest BCUT2D eigenvalue weighted by molar-refractivity contribution is 0.0695. The maximum atomic E-state index is 11.2. The van der Waals surface area contributed by atoms with Gasteiger partial charge in [0.25, 0.3) is 0 Å². The van der Waals surface area contributed by atoms with Crippen LogP contribution in [0.4, 0.5) is 5.82 Å². The zero-order valence-corrected chi connectivity index (χ0v) is 12.8. The Labute approximate surface area is 128 Å². The summed E-state index contributed by atoms with van der Waals surface area (Å²) in [5.74, 6) is -0.0536. The van der Waals surface area contributed by atoms with Crippen molar-refractivity contribution in [1.29, 1.82) is 0 Å². The highest BCUT2D eigenvalue weighted by Gasteiger charge is 2.10. The molecule has 0 aliphatic heterocycles. The van der Waals surface area contributed by atoms with Gasteiger partial charge in [0, 0.05) is 19.7 Å². The first kappa shape index (κ1) is 15.3. The summed E-state index contributed by atoms with van der Waals surface area (Å²) in [4.78, 5) is 21.6. The summed E-state index contributed by atoms with van der Waals surface area (Å²) in [6, 6.07) is 9.01. The number of benzene rings is 1. The van der Waals surface area contributed by atoms with E-state index in [-0.39, 0.29) is 0 Å². The van der Waals surface area contributed by atoms with Gasteiger partial charge in [-0.2, -0.15) is 0 Å². The van der Waals surface area contributed by atoms with Gasteiger partial charge < -0.3 is 10.0 Å². The minimum absolute atomic E-state index is 0.360. The van der Waals surface area contributed by atoms with E-state index < -0.39 is 5.97 Å². The van der Waals surface area contributed by atoms with E-state index in [9.17, 15) is 9.90 Å². The fourth-order valence-electron chi connectivity index (χ4n) is 2.00. The number of rotatable bonds is 6. The van der Waals surface area contributed by atoms with Gasteiger partial charge in [-0.15, -0.1) is 11.8 Å². The lowest BCUT2D eigenvalue weighted by Gasteiger charge is -2.18. The minimum Gasteiger partial charge on any atom is -0.478 e. The Morgan fingerprint density at radius 2 is 2.10 bits per heavy atom. The van der Waals surface area contributed by atoms with Crippen LogP contribution in [0.2, 0.25) is 0 Å². The number of aromatic carboxylic acids is 1. The average molecular weight is 303 g/mol. The number of nitrogens with zero attached hydrogens (tertiary/aromatic N) is 3. The molecule has 5 nitrogen and oxygen atoms in total. The van der Waals surface area contributed by atoms with Gasteiger partial charge in [0.1, 0.15) is 17.2 Å². The van der Waals surface area contributed by atoms with Crippen LogP contribution in [0.5, 0.6) is 0 Å². The molecule has 0 saturated heterocycles. The second-order valence-electron chi connectivity index (χ2n) is 4.55. The molecule has 1 heterocycles. The molecule has 0 aliphatic rings. The smallest absolute Gasteiger partial charge is 0.335 e. The number of carboxylic acids is 1. The number of carbonyl (C=O) groups is 1. The molecule has 21 heavy (non-hydrogen) atoms. The van der Waals surface area contributed by atoms with Crippen molar-refractivity contribution < 1.29 is 9.90 Å². The third kappa shape index (κ3) is 3.95. The number of hydrogen-bond acceptors (Lipinski definition) is 5. The standard InChI is InChI=1S/C15H17N3O2S/c1-18(13-9-14(21-2)17-10-16-13)8-7-11-5-3-4-6-12(11)15(19)20/h3-6,9-10H,7-8H2,1-2H3,(H,19,20). The van der Waals surface area contributed by atoms with Gasteiger partial charge in [0.15, 0.2) is 0 Å². The van der Waals surface area contributed by atoms with E-state index in [0.29, 0.717) is 18.5 Å². The molecule has 0 amide bonds. The molecule has 0 atom stereocenters. The average Bonchev–Trinajstić information content (AvgIpc) is 2.52. The van der Waals surface area contributed by atoms with Gasteiger partial charge in [-0.05, 0) is 24.3 Å². The van der Waals surface area contributed by atoms with Gasteiger partial charge >= 0.3 is 5.97 Å². The SMILES string of the molecule is CSc1cc(N(C)CCc2ccccc2C(=O)O)ncn1. The molecule has 0 saturated carbocycles. The van der Waals surface area contributed by atoms with E-state index in [2.05, 4.69) is 9.97 Å². The monoisotopic (exact) mass is 303 g/mol. The largest absolute Gasteiger partial charge is 0.478 e. The van der Waals surface area contributed by atoms with Crippen molar-refractivity contribution in [2.24, 2.45) is 0 Å². The number of aromatic nitrogens is 2. The summed E-state index contributed by atoms with van der Waals surface area (Å²) < 4.78 is 0. The summed E-state index contributed by atoms with van der Waals surface area (Å²) in [7, 11) is 1.94. The summed E-state index contributed by atoms with van der Waals surface area (Å²) in [6.07, 6.45) is 4.16. The van der Waals surface area contributed by atoms with Crippen molar-refractivity contribution in [3.05, 3.63) is 47.8 Å². The summed E-state index contributed by atoms with van der Waals surface area (Å²) in [5.41, 5.74) is 1.19. The molecule has 0 unspecified atom stereocenters. The van der Waals surface area contributed by atoms with Crippen molar-refractivity contribution in [3.63, 3.8) is 0 Å². The van der Waals surface area contributed by atoms with Crippen LogP contribution in [-0.2, 0) is 6.42 Å². The zero-order valence-electron chi connectivity index (χ0n) is 12.0. The molecule has 2 aromatic rings. The van der Waals surface area contributed by atoms with Crippen molar-refractivity contribution in [1.82, 2.24) is 9.97 Å². The Hall–Kier alpha value is -2.08. The van der Waals surface area contributed by atoms with Crippen LogP contribution in [0.3, 0.4) is 0 Å². The molecular formula is C15H17N3O2S.